The van der Waals surface area contributed by atoms with Crippen molar-refractivity contribution in [1.29, 1.82) is 0 Å². The van der Waals surface area contributed by atoms with Gasteiger partial charge in [0.2, 0.25) is 0 Å². The second-order valence-corrected chi connectivity index (χ2v) is 12.3. The number of nitrogens with zero attached hydrogens (tertiary/aromatic N) is 2. The van der Waals surface area contributed by atoms with Gasteiger partial charge in [0.25, 0.3) is 0 Å². The van der Waals surface area contributed by atoms with Gasteiger partial charge in [-0.15, -0.1) is 0 Å². The topological polar surface area (TPSA) is 42.0 Å². The summed E-state index contributed by atoms with van der Waals surface area (Å²) in [6, 6.07) is 25.0. The maximum absolute atomic E-state index is 13.9. The van der Waals surface area contributed by atoms with E-state index in [9.17, 15) is 18.0 Å². The van der Waals surface area contributed by atoms with Crippen LogP contribution in [0.4, 0.5) is 30.2 Å². The van der Waals surface area contributed by atoms with E-state index in [1.165, 1.54) is 19.2 Å². The highest BCUT2D eigenvalue weighted by Gasteiger charge is 2.34. The molecule has 1 heterocycles. The molecule has 5 nitrogen and oxygen atoms in total. The smallest absolute Gasteiger partial charge is 0.416 e. The molecule has 0 aliphatic carbocycles. The Balaban J connectivity index is 1.70. The fraction of sp³-hybridized carbons (Fsp3) is 0.375. The third kappa shape index (κ3) is 7.33. The minimum Gasteiger partial charge on any atom is -0.465 e. The number of carbonyl (C=O) groups excluding carboxylic acids is 1. The highest BCUT2D eigenvalue weighted by Crippen LogP contribution is 2.50. The minimum atomic E-state index is -4.46. The molecule has 1 aliphatic rings. The van der Waals surface area contributed by atoms with Crippen molar-refractivity contribution in [2.24, 2.45) is 5.92 Å². The van der Waals surface area contributed by atoms with E-state index in [1.54, 1.807) is 12.1 Å². The Hall–Kier alpha value is -4.46. The van der Waals surface area contributed by atoms with Crippen LogP contribution < -0.4 is 14.5 Å². The lowest BCUT2D eigenvalue weighted by atomic mass is 9.80. The average molecular weight is 659 g/mol. The molecule has 0 amide bonds. The van der Waals surface area contributed by atoms with Gasteiger partial charge in [0.05, 0.1) is 18.2 Å². The Morgan fingerprint density at radius 3 is 2.23 bits per heavy atom. The van der Waals surface area contributed by atoms with Crippen molar-refractivity contribution >= 4 is 23.0 Å². The molecule has 48 heavy (non-hydrogen) atoms. The number of fused-ring (bicyclic) bond motifs is 2. The van der Waals surface area contributed by atoms with Crippen LogP contribution in [0.1, 0.15) is 91.9 Å². The van der Waals surface area contributed by atoms with Crippen molar-refractivity contribution in [3.8, 4) is 11.5 Å². The van der Waals surface area contributed by atoms with Crippen molar-refractivity contribution in [3.05, 3.63) is 113 Å². The molecule has 4 aromatic carbocycles. The Labute approximate surface area is 282 Å². The molecule has 0 N–H and O–H groups in total. The van der Waals surface area contributed by atoms with E-state index in [1.807, 2.05) is 47.4 Å². The summed E-state index contributed by atoms with van der Waals surface area (Å²) >= 11 is 0. The quantitative estimate of drug-likeness (QED) is 0.118. The maximum atomic E-state index is 13.9. The van der Waals surface area contributed by atoms with Crippen LogP contribution in [0.15, 0.2) is 84.9 Å². The number of methoxy groups -OCH3 is 1. The zero-order chi connectivity index (χ0) is 34.4. The van der Waals surface area contributed by atoms with Crippen LogP contribution in [0.2, 0.25) is 0 Å². The lowest BCUT2D eigenvalue weighted by Gasteiger charge is -2.34. The molecular weight excluding hydrogens is 613 g/mol. The third-order valence-electron chi connectivity index (χ3n) is 9.42. The lowest BCUT2D eigenvalue weighted by molar-refractivity contribution is -0.137. The normalized spacial score (nSPS) is 14.4. The first kappa shape index (κ1) is 34.9. The Bertz CT molecular complexity index is 1720. The predicted octanol–water partition coefficient (Wildman–Crippen LogP) is 11.0. The van der Waals surface area contributed by atoms with Crippen LogP contribution in [-0.2, 0) is 10.9 Å². The third-order valence-corrected chi connectivity index (χ3v) is 9.42. The van der Waals surface area contributed by atoms with Crippen molar-refractivity contribution in [1.82, 2.24) is 0 Å². The van der Waals surface area contributed by atoms with Gasteiger partial charge in [0.1, 0.15) is 11.5 Å². The average Bonchev–Trinajstić information content (AvgIpc) is 3.10. The molecule has 0 fully saturated rings. The summed E-state index contributed by atoms with van der Waals surface area (Å²) in [6.45, 7) is 10.7. The molecular formula is C40H45F3N2O3. The van der Waals surface area contributed by atoms with E-state index in [0.717, 1.165) is 72.9 Å². The fourth-order valence-corrected chi connectivity index (χ4v) is 6.71. The summed E-state index contributed by atoms with van der Waals surface area (Å²) in [4.78, 5) is 17.3. The molecule has 1 aliphatic heterocycles. The molecule has 5 rings (SSSR count). The zero-order valence-electron chi connectivity index (χ0n) is 28.4. The molecule has 2 atom stereocenters. The number of anilines is 3. The first-order chi connectivity index (χ1) is 23.1. The summed E-state index contributed by atoms with van der Waals surface area (Å²) in [5.74, 6) is 0.778. The van der Waals surface area contributed by atoms with Crippen molar-refractivity contribution in [2.45, 2.75) is 65.5 Å². The van der Waals surface area contributed by atoms with Gasteiger partial charge in [0, 0.05) is 59.8 Å². The number of carbonyl (C=O) groups is 1. The molecule has 0 radical (unpaired) electrons. The number of ether oxygens (including phenoxy) is 2. The number of unbranched alkanes of at least 4 members (excludes halogenated alkanes) is 1. The van der Waals surface area contributed by atoms with Gasteiger partial charge in [0.15, 0.2) is 0 Å². The number of benzene rings is 4. The lowest BCUT2D eigenvalue weighted by Crippen LogP contribution is -2.26. The summed E-state index contributed by atoms with van der Waals surface area (Å²) in [6.07, 6.45) is -0.485. The van der Waals surface area contributed by atoms with Gasteiger partial charge in [-0.3, -0.25) is 0 Å². The van der Waals surface area contributed by atoms with Crippen molar-refractivity contribution in [2.75, 3.05) is 36.5 Å². The molecule has 8 heteroatoms. The molecule has 0 saturated heterocycles. The predicted molar refractivity (Wildman–Crippen MR) is 187 cm³/mol. The van der Waals surface area contributed by atoms with Crippen LogP contribution in [0, 0.1) is 5.92 Å². The van der Waals surface area contributed by atoms with Crippen molar-refractivity contribution < 1.29 is 27.4 Å². The number of esters is 1. The van der Waals surface area contributed by atoms with E-state index < -0.39 is 23.6 Å². The van der Waals surface area contributed by atoms with E-state index in [-0.39, 0.29) is 5.92 Å². The molecule has 0 bridgehead atoms. The van der Waals surface area contributed by atoms with E-state index in [2.05, 4.69) is 44.7 Å². The molecule has 4 aromatic rings. The van der Waals surface area contributed by atoms with E-state index in [4.69, 9.17) is 9.47 Å². The SMILES string of the molecule is CCCCC(CC)CN(c1cccc(C(F)(F)F)c1)c1ccc2c(c1)C(c1ccccc1C(=O)OC)c1ccc(N(CC)CC)cc1O2. The first-order valence-electron chi connectivity index (χ1n) is 17.0. The molecule has 0 aromatic heterocycles. The van der Waals surface area contributed by atoms with Gasteiger partial charge >= 0.3 is 12.1 Å². The van der Waals surface area contributed by atoms with Crippen LogP contribution in [-0.4, -0.2) is 32.7 Å². The molecule has 2 unspecified atom stereocenters. The van der Waals surface area contributed by atoms with Gasteiger partial charge in [-0.25, -0.2) is 4.79 Å². The molecule has 0 saturated carbocycles. The number of hydrogen-bond acceptors (Lipinski definition) is 5. The Morgan fingerprint density at radius 1 is 0.812 bits per heavy atom. The van der Waals surface area contributed by atoms with Crippen molar-refractivity contribution in [3.63, 3.8) is 0 Å². The maximum Gasteiger partial charge on any atom is 0.416 e. The number of halogens is 3. The number of hydrogen-bond donors (Lipinski definition) is 0. The van der Waals surface area contributed by atoms with E-state index >= 15 is 0 Å². The Morgan fingerprint density at radius 2 is 1.54 bits per heavy atom. The van der Waals surface area contributed by atoms with Crippen LogP contribution in [0.5, 0.6) is 11.5 Å². The van der Waals surface area contributed by atoms with E-state index in [0.29, 0.717) is 29.3 Å². The second-order valence-electron chi connectivity index (χ2n) is 12.3. The standard InChI is InChI=1S/C40H45F3N2O3/c1-6-10-14-27(7-2)26-45(30-16-13-15-28(23-30)40(41,42)43)31-20-22-36-35(24-31)38(32-17-11-12-18-33(32)39(46)47-5)34-21-19-29(25-37(34)48-36)44(8-3)9-4/h11-13,15-25,27,38H,6-10,14,26H2,1-5H3. The van der Waals surface area contributed by atoms with Crippen LogP contribution in [0.3, 0.4) is 0 Å². The molecule has 0 spiro atoms. The van der Waals surface area contributed by atoms with Gasteiger partial charge in [-0.05, 0) is 80.3 Å². The highest BCUT2D eigenvalue weighted by molar-refractivity contribution is 5.92. The van der Waals surface area contributed by atoms with Gasteiger partial charge < -0.3 is 19.3 Å². The summed E-state index contributed by atoms with van der Waals surface area (Å²) in [5.41, 5.74) is 4.52. The van der Waals surface area contributed by atoms with Crippen LogP contribution in [0.25, 0.3) is 0 Å². The summed E-state index contributed by atoms with van der Waals surface area (Å²) in [5, 5.41) is 0. The molecule has 254 valence electrons. The second kappa shape index (κ2) is 15.2. The van der Waals surface area contributed by atoms with Gasteiger partial charge in [-0.1, -0.05) is 63.4 Å². The monoisotopic (exact) mass is 658 g/mol. The van der Waals surface area contributed by atoms with Gasteiger partial charge in [-0.2, -0.15) is 13.2 Å². The largest absolute Gasteiger partial charge is 0.465 e. The van der Waals surface area contributed by atoms with Crippen LogP contribution >= 0.6 is 0 Å². The number of rotatable bonds is 13. The zero-order valence-corrected chi connectivity index (χ0v) is 28.4. The number of alkyl halides is 3. The minimum absolute atomic E-state index is 0.279. The Kier molecular flexibility index (Phi) is 11.0. The summed E-state index contributed by atoms with van der Waals surface area (Å²) < 4.78 is 53.5. The first-order valence-corrected chi connectivity index (χ1v) is 17.0. The summed E-state index contributed by atoms with van der Waals surface area (Å²) in [7, 11) is 1.37. The fourth-order valence-electron chi connectivity index (χ4n) is 6.71. The highest BCUT2D eigenvalue weighted by atomic mass is 19.4.